The van der Waals surface area contributed by atoms with Crippen LogP contribution in [-0.4, -0.2) is 22.5 Å². The molecule has 0 saturated heterocycles. The van der Waals surface area contributed by atoms with Crippen molar-refractivity contribution in [2.75, 3.05) is 17.2 Å². The molecule has 0 radical (unpaired) electrons. The van der Waals surface area contributed by atoms with Gasteiger partial charge in [0.25, 0.3) is 5.91 Å². The highest BCUT2D eigenvalue weighted by molar-refractivity contribution is 6.02. The van der Waals surface area contributed by atoms with Crippen molar-refractivity contribution in [2.45, 2.75) is 20.0 Å². The van der Waals surface area contributed by atoms with Gasteiger partial charge in [-0.1, -0.05) is 19.1 Å². The Labute approximate surface area is 124 Å². The van der Waals surface area contributed by atoms with Crippen molar-refractivity contribution < 1.29 is 9.90 Å². The SMILES string of the molecule is CCCNc1ccc(C(=O)Nc2ccc(CO)cc2)nc1. The molecule has 5 nitrogen and oxygen atoms in total. The fourth-order valence-electron chi connectivity index (χ4n) is 1.79. The van der Waals surface area contributed by atoms with Crippen LogP contribution in [0.3, 0.4) is 0 Å². The van der Waals surface area contributed by atoms with Gasteiger partial charge in [-0.3, -0.25) is 4.79 Å². The van der Waals surface area contributed by atoms with Crippen molar-refractivity contribution in [3.63, 3.8) is 0 Å². The second kappa shape index (κ2) is 7.40. The zero-order chi connectivity index (χ0) is 15.1. The van der Waals surface area contributed by atoms with Crippen molar-refractivity contribution >= 4 is 17.3 Å². The van der Waals surface area contributed by atoms with Crippen LogP contribution >= 0.6 is 0 Å². The molecule has 1 heterocycles. The Balaban J connectivity index is 1.98. The van der Waals surface area contributed by atoms with Crippen LogP contribution < -0.4 is 10.6 Å². The zero-order valence-corrected chi connectivity index (χ0v) is 12.0. The van der Waals surface area contributed by atoms with Gasteiger partial charge in [0.15, 0.2) is 0 Å². The zero-order valence-electron chi connectivity index (χ0n) is 12.0. The Morgan fingerprint density at radius 1 is 1.14 bits per heavy atom. The second-order valence-electron chi connectivity index (χ2n) is 4.67. The molecule has 0 aliphatic heterocycles. The molecule has 110 valence electrons. The Morgan fingerprint density at radius 3 is 2.43 bits per heavy atom. The Morgan fingerprint density at radius 2 is 1.86 bits per heavy atom. The van der Waals surface area contributed by atoms with Gasteiger partial charge in [-0.15, -0.1) is 0 Å². The number of hydrogen-bond acceptors (Lipinski definition) is 4. The Bertz CT molecular complexity index is 579. The predicted octanol–water partition coefficient (Wildman–Crippen LogP) is 2.65. The molecule has 2 aromatic rings. The molecule has 21 heavy (non-hydrogen) atoms. The predicted molar refractivity (Wildman–Crippen MR) is 83.3 cm³/mol. The number of carbonyl (C=O) groups is 1. The van der Waals surface area contributed by atoms with E-state index < -0.39 is 0 Å². The van der Waals surface area contributed by atoms with E-state index in [1.54, 1.807) is 36.5 Å². The highest BCUT2D eigenvalue weighted by Gasteiger charge is 2.07. The van der Waals surface area contributed by atoms with Crippen molar-refractivity contribution in [1.29, 1.82) is 0 Å². The number of pyridine rings is 1. The number of carbonyl (C=O) groups excluding carboxylic acids is 1. The highest BCUT2D eigenvalue weighted by atomic mass is 16.3. The third-order valence-electron chi connectivity index (χ3n) is 2.97. The van der Waals surface area contributed by atoms with Gasteiger partial charge in [0.1, 0.15) is 5.69 Å². The first-order valence-corrected chi connectivity index (χ1v) is 6.94. The van der Waals surface area contributed by atoms with Gasteiger partial charge in [0.2, 0.25) is 0 Å². The number of aliphatic hydroxyl groups excluding tert-OH is 1. The minimum Gasteiger partial charge on any atom is -0.392 e. The van der Waals surface area contributed by atoms with Crippen LogP contribution in [0.1, 0.15) is 29.4 Å². The van der Waals surface area contributed by atoms with Gasteiger partial charge in [-0.05, 0) is 36.2 Å². The molecule has 0 aliphatic carbocycles. The minimum absolute atomic E-state index is 0.0119. The lowest BCUT2D eigenvalue weighted by molar-refractivity contribution is 0.102. The van der Waals surface area contributed by atoms with E-state index in [1.807, 2.05) is 6.07 Å². The molecule has 0 fully saturated rings. The van der Waals surface area contributed by atoms with E-state index in [0.717, 1.165) is 24.2 Å². The molecule has 0 bridgehead atoms. The molecule has 2 rings (SSSR count). The van der Waals surface area contributed by atoms with E-state index in [2.05, 4.69) is 22.5 Å². The summed E-state index contributed by atoms with van der Waals surface area (Å²) in [7, 11) is 0. The van der Waals surface area contributed by atoms with Crippen LogP contribution in [0.4, 0.5) is 11.4 Å². The quantitative estimate of drug-likeness (QED) is 0.763. The number of hydrogen-bond donors (Lipinski definition) is 3. The maximum absolute atomic E-state index is 12.1. The molecule has 1 amide bonds. The molecule has 1 aromatic carbocycles. The number of aliphatic hydroxyl groups is 1. The first-order valence-electron chi connectivity index (χ1n) is 6.94. The molecule has 5 heteroatoms. The van der Waals surface area contributed by atoms with E-state index in [0.29, 0.717) is 11.4 Å². The molecule has 3 N–H and O–H groups in total. The molecule has 0 atom stereocenters. The number of amides is 1. The first kappa shape index (κ1) is 15.0. The lowest BCUT2D eigenvalue weighted by atomic mass is 10.2. The molecule has 0 aliphatic rings. The van der Waals surface area contributed by atoms with Crippen molar-refractivity contribution in [3.8, 4) is 0 Å². The van der Waals surface area contributed by atoms with E-state index >= 15 is 0 Å². The molecular weight excluding hydrogens is 266 g/mol. The van der Waals surface area contributed by atoms with Crippen LogP contribution in [-0.2, 0) is 6.61 Å². The summed E-state index contributed by atoms with van der Waals surface area (Å²) < 4.78 is 0. The van der Waals surface area contributed by atoms with E-state index in [9.17, 15) is 4.79 Å². The van der Waals surface area contributed by atoms with Crippen molar-refractivity contribution in [3.05, 3.63) is 53.9 Å². The molecule has 0 spiro atoms. The third kappa shape index (κ3) is 4.29. The molecule has 0 unspecified atom stereocenters. The molecule has 1 aromatic heterocycles. The largest absolute Gasteiger partial charge is 0.392 e. The fourth-order valence-corrected chi connectivity index (χ4v) is 1.79. The summed E-state index contributed by atoms with van der Waals surface area (Å²) in [6.07, 6.45) is 2.69. The standard InChI is InChI=1S/C16H19N3O2/c1-2-9-17-14-7-8-15(18-10-14)16(21)19-13-5-3-12(11-20)4-6-13/h3-8,10,17,20H,2,9,11H2,1H3,(H,19,21). The normalized spacial score (nSPS) is 10.2. The van der Waals surface area contributed by atoms with Crippen LogP contribution in [0.5, 0.6) is 0 Å². The van der Waals surface area contributed by atoms with Crippen LogP contribution in [0, 0.1) is 0 Å². The van der Waals surface area contributed by atoms with Crippen molar-refractivity contribution in [2.24, 2.45) is 0 Å². The summed E-state index contributed by atoms with van der Waals surface area (Å²) in [5.41, 5.74) is 2.74. The minimum atomic E-state index is -0.256. The second-order valence-corrected chi connectivity index (χ2v) is 4.67. The lowest BCUT2D eigenvalue weighted by Crippen LogP contribution is -2.13. The smallest absolute Gasteiger partial charge is 0.274 e. The van der Waals surface area contributed by atoms with Gasteiger partial charge < -0.3 is 15.7 Å². The molecular formula is C16H19N3O2. The summed E-state index contributed by atoms with van der Waals surface area (Å²) >= 11 is 0. The Kier molecular flexibility index (Phi) is 5.29. The third-order valence-corrected chi connectivity index (χ3v) is 2.97. The van der Waals surface area contributed by atoms with Gasteiger partial charge in [0.05, 0.1) is 18.5 Å². The van der Waals surface area contributed by atoms with Gasteiger partial charge in [-0.2, -0.15) is 0 Å². The average molecular weight is 285 g/mol. The van der Waals surface area contributed by atoms with Gasteiger partial charge in [0, 0.05) is 12.2 Å². The average Bonchev–Trinajstić information content (AvgIpc) is 2.54. The maximum Gasteiger partial charge on any atom is 0.274 e. The lowest BCUT2D eigenvalue weighted by Gasteiger charge is -2.07. The summed E-state index contributed by atoms with van der Waals surface area (Å²) in [5, 5.41) is 14.9. The van der Waals surface area contributed by atoms with E-state index in [1.165, 1.54) is 0 Å². The number of aromatic nitrogens is 1. The number of nitrogens with one attached hydrogen (secondary N) is 2. The van der Waals surface area contributed by atoms with Crippen LogP contribution in [0.25, 0.3) is 0 Å². The summed E-state index contributed by atoms with van der Waals surface area (Å²) in [6, 6.07) is 10.6. The molecule has 0 saturated carbocycles. The monoisotopic (exact) mass is 285 g/mol. The van der Waals surface area contributed by atoms with Crippen LogP contribution in [0.15, 0.2) is 42.6 Å². The summed E-state index contributed by atoms with van der Waals surface area (Å²) in [5.74, 6) is -0.256. The van der Waals surface area contributed by atoms with Gasteiger partial charge in [-0.25, -0.2) is 4.98 Å². The number of anilines is 2. The van der Waals surface area contributed by atoms with Crippen molar-refractivity contribution in [1.82, 2.24) is 4.98 Å². The fraction of sp³-hybridized carbons (Fsp3) is 0.250. The van der Waals surface area contributed by atoms with Gasteiger partial charge >= 0.3 is 0 Å². The van der Waals surface area contributed by atoms with E-state index in [-0.39, 0.29) is 12.5 Å². The Hall–Kier alpha value is -2.40. The summed E-state index contributed by atoms with van der Waals surface area (Å²) in [6.45, 7) is 2.96. The first-order chi connectivity index (χ1) is 10.2. The number of benzene rings is 1. The topological polar surface area (TPSA) is 74.2 Å². The summed E-state index contributed by atoms with van der Waals surface area (Å²) in [4.78, 5) is 16.2. The number of nitrogens with zero attached hydrogens (tertiary/aromatic N) is 1. The van der Waals surface area contributed by atoms with E-state index in [4.69, 9.17) is 5.11 Å². The number of rotatable bonds is 6. The highest BCUT2D eigenvalue weighted by Crippen LogP contribution is 2.12. The maximum atomic E-state index is 12.1. The van der Waals surface area contributed by atoms with Crippen LogP contribution in [0.2, 0.25) is 0 Å².